The number of hydrogen-bond donors (Lipinski definition) is 1. The molecule has 0 bridgehead atoms. The minimum absolute atomic E-state index is 0.238. The Hall–Kier alpha value is -1.66. The topological polar surface area (TPSA) is 42.0 Å². The van der Waals surface area contributed by atoms with Gasteiger partial charge in [-0.05, 0) is 35.9 Å². The molecule has 7 heteroatoms. The highest BCUT2D eigenvalue weighted by molar-refractivity contribution is 9.10. The molecule has 0 aliphatic heterocycles. The molecule has 0 atom stereocenters. The number of rotatable bonds is 4. The second-order valence-electron chi connectivity index (χ2n) is 5.04. The molecule has 0 saturated carbocycles. The van der Waals surface area contributed by atoms with E-state index < -0.39 is 0 Å². The van der Waals surface area contributed by atoms with Crippen LogP contribution in [0, 0.1) is 0 Å². The number of halogens is 3. The summed E-state index contributed by atoms with van der Waals surface area (Å²) < 4.78 is 0.992. The smallest absolute Gasteiger partial charge is 0.250 e. The van der Waals surface area contributed by atoms with Gasteiger partial charge < -0.3 is 0 Å². The fraction of sp³-hybridized carbons (Fsp3) is 0. The molecule has 126 valence electrons. The third-order valence-electron chi connectivity index (χ3n) is 3.25. The molecule has 0 fully saturated rings. The highest BCUT2D eigenvalue weighted by Crippen LogP contribution is 2.30. The van der Waals surface area contributed by atoms with Crippen molar-refractivity contribution in [3.05, 3.63) is 74.0 Å². The lowest BCUT2D eigenvalue weighted by atomic mass is 10.2. The average Bonchev–Trinajstić information content (AvgIpc) is 3.05. The number of anilines is 1. The first-order chi connectivity index (χ1) is 12.0. The summed E-state index contributed by atoms with van der Waals surface area (Å²) in [5, 5.41) is 6.09. The molecule has 3 aromatic rings. The molecule has 1 N–H and O–H groups in total. The van der Waals surface area contributed by atoms with Crippen molar-refractivity contribution in [2.24, 2.45) is 0 Å². The molecule has 1 heterocycles. The number of benzene rings is 2. The van der Waals surface area contributed by atoms with E-state index in [0.717, 1.165) is 21.3 Å². The molecule has 0 aliphatic carbocycles. The highest BCUT2D eigenvalue weighted by Gasteiger charge is 2.08. The second-order valence-corrected chi connectivity index (χ2v) is 7.63. The molecule has 3 rings (SSSR count). The van der Waals surface area contributed by atoms with Crippen LogP contribution in [0.2, 0.25) is 10.0 Å². The third-order valence-corrected chi connectivity index (χ3v) is 5.27. The molecule has 3 nitrogen and oxygen atoms in total. The summed E-state index contributed by atoms with van der Waals surface area (Å²) in [7, 11) is 0. The number of amides is 1. The van der Waals surface area contributed by atoms with Crippen molar-refractivity contribution in [2.75, 3.05) is 5.32 Å². The minimum atomic E-state index is -0.238. The number of thiazole rings is 1. The van der Waals surface area contributed by atoms with Crippen molar-refractivity contribution in [3.8, 4) is 11.3 Å². The maximum absolute atomic E-state index is 12.0. The molecule has 0 unspecified atom stereocenters. The van der Waals surface area contributed by atoms with Crippen LogP contribution in [-0.2, 0) is 4.79 Å². The van der Waals surface area contributed by atoms with Crippen molar-refractivity contribution in [3.63, 3.8) is 0 Å². The van der Waals surface area contributed by atoms with Gasteiger partial charge in [-0.3, -0.25) is 10.1 Å². The lowest BCUT2D eigenvalue weighted by Crippen LogP contribution is -2.07. The molecular formula is C18H11BrCl2N2OS. The number of nitrogens with one attached hydrogen (secondary N) is 1. The van der Waals surface area contributed by atoms with Gasteiger partial charge in [0.25, 0.3) is 0 Å². The Morgan fingerprint density at radius 1 is 1.12 bits per heavy atom. The zero-order chi connectivity index (χ0) is 17.8. The largest absolute Gasteiger partial charge is 0.298 e. The van der Waals surface area contributed by atoms with Crippen LogP contribution in [0.1, 0.15) is 5.56 Å². The van der Waals surface area contributed by atoms with Crippen molar-refractivity contribution >= 4 is 67.6 Å². The molecule has 2 aromatic carbocycles. The van der Waals surface area contributed by atoms with Crippen LogP contribution in [-0.4, -0.2) is 10.9 Å². The van der Waals surface area contributed by atoms with Gasteiger partial charge in [0.05, 0.1) is 15.7 Å². The first-order valence-corrected chi connectivity index (χ1v) is 9.60. The first kappa shape index (κ1) is 18.1. The van der Waals surface area contributed by atoms with Gasteiger partial charge in [0.15, 0.2) is 5.13 Å². The Bertz CT molecular complexity index is 939. The van der Waals surface area contributed by atoms with E-state index in [1.165, 1.54) is 17.4 Å². The monoisotopic (exact) mass is 452 g/mol. The van der Waals surface area contributed by atoms with Crippen molar-refractivity contribution < 1.29 is 4.79 Å². The van der Waals surface area contributed by atoms with Gasteiger partial charge in [-0.2, -0.15) is 0 Å². The van der Waals surface area contributed by atoms with Crippen molar-refractivity contribution in [1.82, 2.24) is 4.98 Å². The van der Waals surface area contributed by atoms with Gasteiger partial charge in [-0.15, -0.1) is 11.3 Å². The molecule has 0 spiro atoms. The van der Waals surface area contributed by atoms with Crippen LogP contribution < -0.4 is 5.32 Å². The summed E-state index contributed by atoms with van der Waals surface area (Å²) >= 11 is 16.7. The van der Waals surface area contributed by atoms with E-state index >= 15 is 0 Å². The fourth-order valence-corrected chi connectivity index (χ4v) is 3.30. The van der Waals surface area contributed by atoms with E-state index in [2.05, 4.69) is 26.2 Å². The summed E-state index contributed by atoms with van der Waals surface area (Å²) in [6, 6.07) is 13.0. The Morgan fingerprint density at radius 3 is 2.60 bits per heavy atom. The van der Waals surface area contributed by atoms with Gasteiger partial charge in [-0.1, -0.05) is 57.3 Å². The standard InChI is InChI=1S/C18H11BrCl2N2OS/c19-13-5-1-11(2-6-13)3-8-17(24)23-18-22-16(10-25-18)12-4-7-14(20)15(21)9-12/h1-10H,(H,22,23,24). The fourth-order valence-electron chi connectivity index (χ4n) is 2.01. The summed E-state index contributed by atoms with van der Waals surface area (Å²) in [6.45, 7) is 0. The van der Waals surface area contributed by atoms with E-state index in [0.29, 0.717) is 15.2 Å². The number of hydrogen-bond acceptors (Lipinski definition) is 3. The number of aromatic nitrogens is 1. The van der Waals surface area contributed by atoms with Crippen molar-refractivity contribution in [2.45, 2.75) is 0 Å². The third kappa shape index (κ3) is 4.92. The summed E-state index contributed by atoms with van der Waals surface area (Å²) in [6.07, 6.45) is 3.22. The molecule has 0 aliphatic rings. The van der Waals surface area contributed by atoms with E-state index in [-0.39, 0.29) is 5.91 Å². The van der Waals surface area contributed by atoms with Crippen LogP contribution in [0.5, 0.6) is 0 Å². The molecular weight excluding hydrogens is 443 g/mol. The van der Waals surface area contributed by atoms with Crippen LogP contribution >= 0.6 is 50.5 Å². The number of carbonyl (C=O) groups is 1. The molecule has 0 radical (unpaired) electrons. The van der Waals surface area contributed by atoms with Crippen LogP contribution in [0.3, 0.4) is 0 Å². The molecule has 25 heavy (non-hydrogen) atoms. The Kier molecular flexibility index (Phi) is 5.91. The van der Waals surface area contributed by atoms with E-state index in [1.54, 1.807) is 18.2 Å². The van der Waals surface area contributed by atoms with E-state index in [9.17, 15) is 4.79 Å². The average molecular weight is 454 g/mol. The Morgan fingerprint density at radius 2 is 1.88 bits per heavy atom. The zero-order valence-corrected chi connectivity index (χ0v) is 16.6. The molecule has 0 saturated heterocycles. The maximum atomic E-state index is 12.0. The highest BCUT2D eigenvalue weighted by atomic mass is 79.9. The van der Waals surface area contributed by atoms with Gasteiger partial charge in [0, 0.05) is 21.5 Å². The predicted octanol–water partition coefficient (Wildman–Crippen LogP) is 6.53. The van der Waals surface area contributed by atoms with Crippen molar-refractivity contribution in [1.29, 1.82) is 0 Å². The number of nitrogens with zero attached hydrogens (tertiary/aromatic N) is 1. The first-order valence-electron chi connectivity index (χ1n) is 7.17. The van der Waals surface area contributed by atoms with Gasteiger partial charge in [0.1, 0.15) is 0 Å². The lowest BCUT2D eigenvalue weighted by Gasteiger charge is -2.00. The molecule has 1 amide bonds. The lowest BCUT2D eigenvalue weighted by molar-refractivity contribution is -0.111. The minimum Gasteiger partial charge on any atom is -0.298 e. The SMILES string of the molecule is O=C(C=Cc1ccc(Br)cc1)Nc1nc(-c2ccc(Cl)c(Cl)c2)cs1. The van der Waals surface area contributed by atoms with E-state index in [4.69, 9.17) is 23.2 Å². The molecule has 1 aromatic heterocycles. The van der Waals surface area contributed by atoms with Gasteiger partial charge in [0.2, 0.25) is 5.91 Å². The summed E-state index contributed by atoms with van der Waals surface area (Å²) in [5.74, 6) is -0.238. The summed E-state index contributed by atoms with van der Waals surface area (Å²) in [4.78, 5) is 16.4. The normalized spacial score (nSPS) is 11.0. The number of carbonyl (C=O) groups excluding carboxylic acids is 1. The second kappa shape index (κ2) is 8.15. The van der Waals surface area contributed by atoms with Gasteiger partial charge in [-0.25, -0.2) is 4.98 Å². The maximum Gasteiger partial charge on any atom is 0.250 e. The quantitative estimate of drug-likeness (QED) is 0.456. The Labute approximate surface area is 167 Å². The Balaban J connectivity index is 1.67. The summed E-state index contributed by atoms with van der Waals surface area (Å²) in [5.41, 5.74) is 2.52. The predicted molar refractivity (Wildman–Crippen MR) is 109 cm³/mol. The zero-order valence-electron chi connectivity index (χ0n) is 12.7. The van der Waals surface area contributed by atoms with Crippen LogP contribution in [0.15, 0.2) is 58.4 Å². The van der Waals surface area contributed by atoms with Crippen LogP contribution in [0.4, 0.5) is 5.13 Å². The van der Waals surface area contributed by atoms with Gasteiger partial charge >= 0.3 is 0 Å². The van der Waals surface area contributed by atoms with E-state index in [1.807, 2.05) is 35.7 Å². The van der Waals surface area contributed by atoms with Crippen LogP contribution in [0.25, 0.3) is 17.3 Å².